The van der Waals surface area contributed by atoms with Crippen molar-refractivity contribution in [2.24, 2.45) is 7.05 Å². The summed E-state index contributed by atoms with van der Waals surface area (Å²) < 4.78 is 7.52. The fourth-order valence-corrected chi connectivity index (χ4v) is 3.35. The van der Waals surface area contributed by atoms with E-state index in [1.54, 1.807) is 31.0 Å². The van der Waals surface area contributed by atoms with Gasteiger partial charge in [0.05, 0.1) is 30.8 Å². The second-order valence-corrected chi connectivity index (χ2v) is 6.38. The van der Waals surface area contributed by atoms with Gasteiger partial charge in [-0.2, -0.15) is 0 Å². The van der Waals surface area contributed by atoms with Gasteiger partial charge in [-0.05, 0) is 29.1 Å². The highest BCUT2D eigenvalue weighted by atomic mass is 32.1. The number of hydrogen-bond donors (Lipinski definition) is 1. The zero-order valence-corrected chi connectivity index (χ0v) is 14.2. The smallest absolute Gasteiger partial charge is 0.142 e. The third-order valence-corrected chi connectivity index (χ3v) is 4.80. The first-order chi connectivity index (χ1) is 11.7. The molecule has 1 N–H and O–H groups in total. The fraction of sp³-hybridized carbons (Fsp3) is 0.111. The number of methoxy groups -OCH3 is 1. The first kappa shape index (κ1) is 14.7. The van der Waals surface area contributed by atoms with Gasteiger partial charge in [-0.3, -0.25) is 0 Å². The summed E-state index contributed by atoms with van der Waals surface area (Å²) >= 11 is 1.71. The van der Waals surface area contributed by atoms with E-state index in [0.29, 0.717) is 0 Å². The highest BCUT2D eigenvalue weighted by Crippen LogP contribution is 2.34. The van der Waals surface area contributed by atoms with Gasteiger partial charge in [0.25, 0.3) is 0 Å². The second kappa shape index (κ2) is 5.98. The fourth-order valence-electron chi connectivity index (χ4n) is 2.63. The highest BCUT2D eigenvalue weighted by molar-refractivity contribution is 7.13. The van der Waals surface area contributed by atoms with Crippen LogP contribution in [0.1, 0.15) is 0 Å². The molecule has 1 aromatic carbocycles. The minimum Gasteiger partial charge on any atom is -0.495 e. The summed E-state index contributed by atoms with van der Waals surface area (Å²) in [5.74, 6) is 1.54. The average Bonchev–Trinajstić information content (AvgIpc) is 3.26. The molecule has 3 aromatic heterocycles. The first-order valence-corrected chi connectivity index (χ1v) is 8.38. The van der Waals surface area contributed by atoms with Crippen molar-refractivity contribution in [1.29, 1.82) is 0 Å². The Hall–Kier alpha value is -2.86. The molecule has 0 atom stereocenters. The SMILES string of the molecule is COc1cc(-c2cccs2)ccc1Nc1cc2c(cn1)ncn2C. The van der Waals surface area contributed by atoms with Crippen LogP contribution in [0.4, 0.5) is 11.5 Å². The number of thiophene rings is 1. The third kappa shape index (κ3) is 2.61. The standard InChI is InChI=1S/C18H16N4OS/c1-22-11-20-14-10-19-18(9-15(14)22)21-13-6-5-12(8-16(13)23-2)17-4-3-7-24-17/h3-11H,1-2H3,(H,19,21). The van der Waals surface area contributed by atoms with Gasteiger partial charge in [0, 0.05) is 18.0 Å². The lowest BCUT2D eigenvalue weighted by molar-refractivity contribution is 0.417. The maximum absolute atomic E-state index is 5.55. The molecule has 0 aliphatic heterocycles. The van der Waals surface area contributed by atoms with Crippen molar-refractivity contribution in [3.63, 3.8) is 0 Å². The molecule has 0 spiro atoms. The Morgan fingerprint density at radius 2 is 2.08 bits per heavy atom. The molecule has 0 radical (unpaired) electrons. The van der Waals surface area contributed by atoms with Crippen LogP contribution >= 0.6 is 11.3 Å². The summed E-state index contributed by atoms with van der Waals surface area (Å²) in [6, 6.07) is 12.3. The number of aromatic nitrogens is 3. The molecule has 0 aliphatic rings. The molecule has 4 aromatic rings. The lowest BCUT2D eigenvalue weighted by atomic mass is 10.1. The van der Waals surface area contributed by atoms with Gasteiger partial charge in [0.15, 0.2) is 0 Å². The van der Waals surface area contributed by atoms with Crippen molar-refractivity contribution in [2.75, 3.05) is 12.4 Å². The van der Waals surface area contributed by atoms with Crippen LogP contribution in [0.5, 0.6) is 5.75 Å². The zero-order valence-electron chi connectivity index (χ0n) is 13.4. The Balaban J connectivity index is 1.68. The van der Waals surface area contributed by atoms with E-state index in [2.05, 4.69) is 32.8 Å². The lowest BCUT2D eigenvalue weighted by Gasteiger charge is -2.12. The summed E-state index contributed by atoms with van der Waals surface area (Å²) in [7, 11) is 3.64. The molecule has 0 unspecified atom stereocenters. The van der Waals surface area contributed by atoms with Crippen LogP contribution in [0.25, 0.3) is 21.5 Å². The highest BCUT2D eigenvalue weighted by Gasteiger charge is 2.09. The average molecular weight is 336 g/mol. The van der Waals surface area contributed by atoms with Gasteiger partial charge in [-0.25, -0.2) is 9.97 Å². The van der Waals surface area contributed by atoms with Crippen molar-refractivity contribution in [2.45, 2.75) is 0 Å². The molecule has 3 heterocycles. The maximum atomic E-state index is 5.55. The molecule has 24 heavy (non-hydrogen) atoms. The number of anilines is 2. The van der Waals surface area contributed by atoms with Crippen LogP contribution in [0.2, 0.25) is 0 Å². The Labute approximate surface area is 143 Å². The van der Waals surface area contributed by atoms with Crippen molar-refractivity contribution < 1.29 is 4.74 Å². The van der Waals surface area contributed by atoms with Crippen LogP contribution in [0.3, 0.4) is 0 Å². The Bertz CT molecular complexity index is 992. The zero-order chi connectivity index (χ0) is 16.5. The molecular weight excluding hydrogens is 320 g/mol. The number of benzene rings is 1. The van der Waals surface area contributed by atoms with Gasteiger partial charge >= 0.3 is 0 Å². The van der Waals surface area contributed by atoms with Crippen LogP contribution in [0, 0.1) is 0 Å². The lowest BCUT2D eigenvalue weighted by Crippen LogP contribution is -1.97. The third-order valence-electron chi connectivity index (χ3n) is 3.88. The number of imidazole rings is 1. The van der Waals surface area contributed by atoms with Gasteiger partial charge < -0.3 is 14.6 Å². The minimum absolute atomic E-state index is 0.758. The summed E-state index contributed by atoms with van der Waals surface area (Å²) in [6.07, 6.45) is 3.55. The van der Waals surface area contributed by atoms with E-state index in [9.17, 15) is 0 Å². The molecule has 5 nitrogen and oxygen atoms in total. The monoisotopic (exact) mass is 336 g/mol. The van der Waals surface area contributed by atoms with Crippen molar-refractivity contribution in [1.82, 2.24) is 14.5 Å². The Morgan fingerprint density at radius 1 is 1.17 bits per heavy atom. The minimum atomic E-state index is 0.758. The van der Waals surface area contributed by atoms with Gasteiger partial charge in [-0.15, -0.1) is 11.3 Å². The Kier molecular flexibility index (Phi) is 3.66. The molecule has 6 heteroatoms. The molecule has 120 valence electrons. The van der Waals surface area contributed by atoms with Crippen LogP contribution in [-0.4, -0.2) is 21.6 Å². The predicted octanol–water partition coefficient (Wildman–Crippen LogP) is 4.45. The molecule has 0 amide bonds. The summed E-state index contributed by atoms with van der Waals surface area (Å²) in [6.45, 7) is 0. The molecule has 4 rings (SSSR count). The van der Waals surface area contributed by atoms with Crippen LogP contribution < -0.4 is 10.1 Å². The predicted molar refractivity (Wildman–Crippen MR) is 98.1 cm³/mol. The van der Waals surface area contributed by atoms with Gasteiger partial charge in [0.2, 0.25) is 0 Å². The first-order valence-electron chi connectivity index (χ1n) is 7.50. The van der Waals surface area contributed by atoms with E-state index in [1.807, 2.05) is 35.9 Å². The molecule has 0 saturated carbocycles. The van der Waals surface area contributed by atoms with E-state index < -0.39 is 0 Å². The summed E-state index contributed by atoms with van der Waals surface area (Å²) in [4.78, 5) is 9.93. The van der Waals surface area contributed by atoms with Crippen LogP contribution in [0.15, 0.2) is 54.3 Å². The number of ether oxygens (including phenoxy) is 1. The van der Waals surface area contributed by atoms with Crippen molar-refractivity contribution >= 4 is 33.9 Å². The van der Waals surface area contributed by atoms with Gasteiger partial charge in [0.1, 0.15) is 17.1 Å². The number of pyridine rings is 1. The number of fused-ring (bicyclic) bond motifs is 1. The van der Waals surface area contributed by atoms with E-state index in [4.69, 9.17) is 4.74 Å². The quantitative estimate of drug-likeness (QED) is 0.598. The van der Waals surface area contributed by atoms with E-state index in [0.717, 1.165) is 33.9 Å². The molecule has 0 fully saturated rings. The number of hydrogen-bond acceptors (Lipinski definition) is 5. The number of aryl methyl sites for hydroxylation is 1. The summed E-state index contributed by atoms with van der Waals surface area (Å²) in [5.41, 5.74) is 3.93. The molecular formula is C18H16N4OS. The normalized spacial score (nSPS) is 10.9. The second-order valence-electron chi connectivity index (χ2n) is 5.43. The maximum Gasteiger partial charge on any atom is 0.142 e. The largest absolute Gasteiger partial charge is 0.495 e. The van der Waals surface area contributed by atoms with Crippen molar-refractivity contribution in [3.05, 3.63) is 54.3 Å². The number of nitrogens with one attached hydrogen (secondary N) is 1. The summed E-state index contributed by atoms with van der Waals surface area (Å²) in [5, 5.41) is 5.40. The topological polar surface area (TPSA) is 52.0 Å². The number of rotatable bonds is 4. The van der Waals surface area contributed by atoms with E-state index >= 15 is 0 Å². The molecule has 0 aliphatic carbocycles. The van der Waals surface area contributed by atoms with Crippen LogP contribution in [-0.2, 0) is 7.05 Å². The number of nitrogens with zero attached hydrogens (tertiary/aromatic N) is 3. The van der Waals surface area contributed by atoms with Crippen molar-refractivity contribution in [3.8, 4) is 16.2 Å². The Morgan fingerprint density at radius 3 is 2.88 bits per heavy atom. The molecule has 0 saturated heterocycles. The van der Waals surface area contributed by atoms with Gasteiger partial charge in [-0.1, -0.05) is 12.1 Å². The molecule has 0 bridgehead atoms. The van der Waals surface area contributed by atoms with E-state index in [1.165, 1.54) is 4.88 Å². The van der Waals surface area contributed by atoms with E-state index in [-0.39, 0.29) is 0 Å².